The summed E-state index contributed by atoms with van der Waals surface area (Å²) >= 11 is 3.57. The molecule has 0 bridgehead atoms. The molecule has 0 fully saturated rings. The average Bonchev–Trinajstić information content (AvgIpc) is 2.89. The van der Waals surface area contributed by atoms with Crippen molar-refractivity contribution in [2.45, 2.75) is 6.42 Å². The van der Waals surface area contributed by atoms with Crippen LogP contribution in [0.2, 0.25) is 0 Å². The molecule has 134 valence electrons. The summed E-state index contributed by atoms with van der Waals surface area (Å²) in [7, 11) is 1.67. The lowest BCUT2D eigenvalue weighted by Gasteiger charge is -2.10. The van der Waals surface area contributed by atoms with E-state index < -0.39 is 0 Å². The number of benzene rings is 3. The van der Waals surface area contributed by atoms with Crippen molar-refractivity contribution in [1.82, 2.24) is 0 Å². The van der Waals surface area contributed by atoms with Gasteiger partial charge in [-0.25, -0.2) is 4.99 Å². The van der Waals surface area contributed by atoms with Crippen LogP contribution in [0.4, 0.5) is 17.1 Å². The average molecular weight is 420 g/mol. The molecule has 27 heavy (non-hydrogen) atoms. The number of amidine groups is 1. The first-order valence-corrected chi connectivity index (χ1v) is 9.42. The summed E-state index contributed by atoms with van der Waals surface area (Å²) < 4.78 is 6.23. The summed E-state index contributed by atoms with van der Waals surface area (Å²) in [6.45, 7) is 0. The van der Waals surface area contributed by atoms with Crippen LogP contribution >= 0.6 is 15.9 Å². The number of nitrogens with zero attached hydrogens (tertiary/aromatic N) is 2. The number of para-hydroxylation sites is 3. The number of hydrogen-bond donors (Lipinski definition) is 1. The molecule has 0 unspecified atom stereocenters. The van der Waals surface area contributed by atoms with E-state index in [9.17, 15) is 0 Å². The maximum absolute atomic E-state index is 5.27. The molecule has 0 radical (unpaired) electrons. The lowest BCUT2D eigenvalue weighted by Crippen LogP contribution is -2.15. The molecule has 0 aromatic heterocycles. The van der Waals surface area contributed by atoms with Gasteiger partial charge in [-0.05, 0) is 70.0 Å². The Balaban J connectivity index is 1.78. The number of rotatable bonds is 3. The van der Waals surface area contributed by atoms with E-state index in [1.165, 1.54) is 0 Å². The van der Waals surface area contributed by atoms with E-state index in [1.807, 2.05) is 72.8 Å². The fraction of sp³-hybridized carbons (Fsp3) is 0.0909. The van der Waals surface area contributed by atoms with Gasteiger partial charge in [0.25, 0.3) is 0 Å². The van der Waals surface area contributed by atoms with Crippen LogP contribution < -0.4 is 10.1 Å². The van der Waals surface area contributed by atoms with Gasteiger partial charge in [-0.15, -0.1) is 0 Å². The molecular weight excluding hydrogens is 402 g/mol. The normalized spacial score (nSPS) is 14.7. The number of methoxy groups -OCH3 is 1. The van der Waals surface area contributed by atoms with E-state index in [2.05, 4.69) is 21.2 Å². The zero-order valence-corrected chi connectivity index (χ0v) is 16.4. The SMILES string of the molecule is COc1ccc(C2=Nc3ccccc3NC(=Nc3ccccc3Br)C2)cc1. The van der Waals surface area contributed by atoms with Crippen molar-refractivity contribution in [3.05, 3.63) is 82.8 Å². The number of halogens is 1. The number of nitrogens with one attached hydrogen (secondary N) is 1. The minimum absolute atomic E-state index is 0.600. The Morgan fingerprint density at radius 2 is 1.70 bits per heavy atom. The highest BCUT2D eigenvalue weighted by atomic mass is 79.9. The van der Waals surface area contributed by atoms with Crippen molar-refractivity contribution < 1.29 is 4.74 Å². The molecule has 1 N–H and O–H groups in total. The van der Waals surface area contributed by atoms with Gasteiger partial charge in [0.1, 0.15) is 11.6 Å². The predicted molar refractivity (Wildman–Crippen MR) is 115 cm³/mol. The highest BCUT2D eigenvalue weighted by Crippen LogP contribution is 2.31. The Kier molecular flexibility index (Phi) is 5.03. The molecule has 1 aliphatic heterocycles. The Hall–Kier alpha value is -2.92. The van der Waals surface area contributed by atoms with Crippen molar-refractivity contribution in [3.63, 3.8) is 0 Å². The Labute approximate surface area is 166 Å². The number of hydrogen-bond acceptors (Lipinski definition) is 3. The zero-order chi connectivity index (χ0) is 18.6. The molecule has 0 aliphatic carbocycles. The summed E-state index contributed by atoms with van der Waals surface area (Å²) in [5.74, 6) is 1.68. The minimum atomic E-state index is 0.600. The maximum atomic E-state index is 5.27. The number of fused-ring (bicyclic) bond motifs is 1. The van der Waals surface area contributed by atoms with Crippen LogP contribution in [0, 0.1) is 0 Å². The van der Waals surface area contributed by atoms with Crippen molar-refractivity contribution >= 4 is 44.5 Å². The molecule has 5 heteroatoms. The third-order valence-corrected chi connectivity index (χ3v) is 4.97. The van der Waals surface area contributed by atoms with Gasteiger partial charge in [0.05, 0.1) is 29.9 Å². The molecule has 1 heterocycles. The Bertz CT molecular complexity index is 1030. The lowest BCUT2D eigenvalue weighted by atomic mass is 10.1. The van der Waals surface area contributed by atoms with Crippen LogP contribution in [-0.2, 0) is 0 Å². The molecular formula is C22H18BrN3O. The second-order valence-corrected chi connectivity index (χ2v) is 6.97. The van der Waals surface area contributed by atoms with Crippen LogP contribution in [0.15, 0.2) is 87.3 Å². The van der Waals surface area contributed by atoms with Crippen LogP contribution in [0.1, 0.15) is 12.0 Å². The van der Waals surface area contributed by atoms with Gasteiger partial charge >= 0.3 is 0 Å². The molecule has 0 saturated carbocycles. The summed E-state index contributed by atoms with van der Waals surface area (Å²) in [6, 6.07) is 23.9. The van der Waals surface area contributed by atoms with E-state index in [4.69, 9.17) is 14.7 Å². The van der Waals surface area contributed by atoms with Crippen molar-refractivity contribution in [2.75, 3.05) is 12.4 Å². The number of aliphatic imine (C=N–C) groups is 2. The van der Waals surface area contributed by atoms with Gasteiger partial charge in [0.15, 0.2) is 0 Å². The van der Waals surface area contributed by atoms with E-state index in [1.54, 1.807) is 7.11 Å². The summed E-state index contributed by atoms with van der Waals surface area (Å²) in [6.07, 6.45) is 0.600. The molecule has 0 spiro atoms. The van der Waals surface area contributed by atoms with Gasteiger partial charge in [0, 0.05) is 10.9 Å². The molecule has 0 amide bonds. The van der Waals surface area contributed by atoms with E-state index in [-0.39, 0.29) is 0 Å². The van der Waals surface area contributed by atoms with E-state index in [0.717, 1.165) is 44.4 Å². The third-order valence-electron chi connectivity index (χ3n) is 4.30. The molecule has 1 aliphatic rings. The highest BCUT2D eigenvalue weighted by Gasteiger charge is 2.16. The van der Waals surface area contributed by atoms with Crippen molar-refractivity contribution in [2.24, 2.45) is 9.98 Å². The second-order valence-electron chi connectivity index (χ2n) is 6.12. The van der Waals surface area contributed by atoms with Gasteiger partial charge in [-0.2, -0.15) is 0 Å². The smallest absolute Gasteiger partial charge is 0.118 e. The molecule has 0 saturated heterocycles. The van der Waals surface area contributed by atoms with Gasteiger partial charge in [-0.1, -0.05) is 24.3 Å². The molecule has 0 atom stereocenters. The molecule has 4 nitrogen and oxygen atoms in total. The monoisotopic (exact) mass is 419 g/mol. The van der Waals surface area contributed by atoms with Crippen LogP contribution in [0.25, 0.3) is 0 Å². The Morgan fingerprint density at radius 3 is 2.48 bits per heavy atom. The lowest BCUT2D eigenvalue weighted by molar-refractivity contribution is 0.415. The molecule has 3 aromatic rings. The van der Waals surface area contributed by atoms with Crippen LogP contribution in [0.3, 0.4) is 0 Å². The summed E-state index contributed by atoms with van der Waals surface area (Å²) in [4.78, 5) is 9.74. The molecule has 3 aromatic carbocycles. The predicted octanol–water partition coefficient (Wildman–Crippen LogP) is 6.12. The van der Waals surface area contributed by atoms with Crippen LogP contribution in [0.5, 0.6) is 5.75 Å². The maximum Gasteiger partial charge on any atom is 0.118 e. The largest absolute Gasteiger partial charge is 0.497 e. The van der Waals surface area contributed by atoms with E-state index in [0.29, 0.717) is 6.42 Å². The summed E-state index contributed by atoms with van der Waals surface area (Å²) in [5, 5.41) is 3.45. The molecule has 4 rings (SSSR count). The number of anilines is 1. The van der Waals surface area contributed by atoms with Gasteiger partial charge in [-0.3, -0.25) is 4.99 Å². The quantitative estimate of drug-likeness (QED) is 0.555. The topological polar surface area (TPSA) is 46.0 Å². The fourth-order valence-corrected chi connectivity index (χ4v) is 3.30. The fourth-order valence-electron chi connectivity index (χ4n) is 2.93. The zero-order valence-electron chi connectivity index (χ0n) is 14.8. The first-order valence-electron chi connectivity index (χ1n) is 8.63. The van der Waals surface area contributed by atoms with Gasteiger partial charge in [0.2, 0.25) is 0 Å². The summed E-state index contributed by atoms with van der Waals surface area (Å²) in [5.41, 5.74) is 4.75. The second kappa shape index (κ2) is 7.76. The first kappa shape index (κ1) is 17.5. The standard InChI is InChI=1S/C22H18BrN3O/c1-27-16-12-10-15(11-13-16)21-14-22(25-18-7-3-2-6-17(18)23)26-20-9-5-4-8-19(20)24-21/h2-13H,14H2,1H3,(H,25,26). The third kappa shape index (κ3) is 3.93. The van der Waals surface area contributed by atoms with Crippen molar-refractivity contribution in [3.8, 4) is 5.75 Å². The van der Waals surface area contributed by atoms with Crippen LogP contribution in [-0.4, -0.2) is 18.7 Å². The Morgan fingerprint density at radius 1 is 0.963 bits per heavy atom. The number of ether oxygens (including phenoxy) is 1. The van der Waals surface area contributed by atoms with Gasteiger partial charge < -0.3 is 10.1 Å². The minimum Gasteiger partial charge on any atom is -0.497 e. The van der Waals surface area contributed by atoms with Crippen molar-refractivity contribution in [1.29, 1.82) is 0 Å². The van der Waals surface area contributed by atoms with E-state index >= 15 is 0 Å². The highest BCUT2D eigenvalue weighted by molar-refractivity contribution is 9.10. The first-order chi connectivity index (χ1) is 13.2.